The van der Waals surface area contributed by atoms with Gasteiger partial charge in [0.25, 0.3) is 11.6 Å². The van der Waals surface area contributed by atoms with Gasteiger partial charge in [-0.1, -0.05) is 0 Å². The molecule has 1 aromatic rings. The molecule has 1 aliphatic rings. The summed E-state index contributed by atoms with van der Waals surface area (Å²) in [4.78, 5) is 36.0. The SMILES string of the molecule is COC(=O)[C@H]1CN(C(=O)c2ccc(Br)c([N+](=O)[O-])c2)CCS1. The van der Waals surface area contributed by atoms with Crippen LogP contribution in [0, 0.1) is 10.1 Å². The second-order valence-electron chi connectivity index (χ2n) is 4.56. The van der Waals surface area contributed by atoms with E-state index in [1.807, 2.05) is 0 Å². The van der Waals surface area contributed by atoms with E-state index in [-0.39, 0.29) is 29.7 Å². The molecule has 0 aromatic heterocycles. The van der Waals surface area contributed by atoms with Crippen LogP contribution in [0.2, 0.25) is 0 Å². The van der Waals surface area contributed by atoms with Crippen LogP contribution in [-0.2, 0) is 9.53 Å². The number of ether oxygens (including phenoxy) is 1. The van der Waals surface area contributed by atoms with Crippen molar-refractivity contribution in [3.05, 3.63) is 38.3 Å². The molecule has 0 aliphatic carbocycles. The quantitative estimate of drug-likeness (QED) is 0.447. The summed E-state index contributed by atoms with van der Waals surface area (Å²) in [7, 11) is 1.31. The van der Waals surface area contributed by atoms with Crippen molar-refractivity contribution in [3.8, 4) is 0 Å². The zero-order valence-corrected chi connectivity index (χ0v) is 14.1. The number of carbonyl (C=O) groups is 2. The summed E-state index contributed by atoms with van der Waals surface area (Å²) in [6, 6.07) is 4.23. The summed E-state index contributed by atoms with van der Waals surface area (Å²) in [6.07, 6.45) is 0. The Labute approximate surface area is 139 Å². The van der Waals surface area contributed by atoms with E-state index in [0.717, 1.165) is 0 Å². The molecule has 1 fully saturated rings. The number of rotatable bonds is 3. The second kappa shape index (κ2) is 7.10. The molecular formula is C13H13BrN2O5S. The summed E-state index contributed by atoms with van der Waals surface area (Å²) in [6.45, 7) is 0.723. The number of esters is 1. The first-order chi connectivity index (χ1) is 10.4. The molecule has 1 aromatic carbocycles. The molecule has 9 heteroatoms. The average molecular weight is 389 g/mol. The van der Waals surface area contributed by atoms with Gasteiger partial charge in [0.1, 0.15) is 5.25 Å². The number of benzene rings is 1. The van der Waals surface area contributed by atoms with Crippen LogP contribution in [-0.4, -0.2) is 52.9 Å². The number of carbonyl (C=O) groups excluding carboxylic acids is 2. The zero-order chi connectivity index (χ0) is 16.3. The van der Waals surface area contributed by atoms with E-state index in [0.29, 0.717) is 16.8 Å². The first kappa shape index (κ1) is 16.8. The number of amides is 1. The molecule has 0 N–H and O–H groups in total. The molecule has 0 bridgehead atoms. The van der Waals surface area contributed by atoms with Gasteiger partial charge in [0, 0.05) is 30.5 Å². The molecule has 1 amide bonds. The third kappa shape index (κ3) is 3.58. The highest BCUT2D eigenvalue weighted by molar-refractivity contribution is 9.10. The van der Waals surface area contributed by atoms with Gasteiger partial charge >= 0.3 is 5.97 Å². The van der Waals surface area contributed by atoms with Crippen LogP contribution < -0.4 is 0 Å². The van der Waals surface area contributed by atoms with Crippen LogP contribution in [0.5, 0.6) is 0 Å². The number of nitro groups is 1. The van der Waals surface area contributed by atoms with E-state index in [2.05, 4.69) is 15.9 Å². The second-order valence-corrected chi connectivity index (χ2v) is 6.72. The van der Waals surface area contributed by atoms with Crippen molar-refractivity contribution < 1.29 is 19.2 Å². The topological polar surface area (TPSA) is 89.8 Å². The van der Waals surface area contributed by atoms with Crippen molar-refractivity contribution in [2.45, 2.75) is 5.25 Å². The normalized spacial score (nSPS) is 17.9. The van der Waals surface area contributed by atoms with E-state index < -0.39 is 10.2 Å². The summed E-state index contributed by atoms with van der Waals surface area (Å²) in [5, 5.41) is 10.5. The van der Waals surface area contributed by atoms with Crippen molar-refractivity contribution in [2.24, 2.45) is 0 Å². The predicted molar refractivity (Wildman–Crippen MR) is 85.0 cm³/mol. The molecule has 0 saturated carbocycles. The van der Waals surface area contributed by atoms with Crippen molar-refractivity contribution in [1.29, 1.82) is 0 Å². The number of nitro benzene ring substituents is 1. The number of hydrogen-bond donors (Lipinski definition) is 0. The van der Waals surface area contributed by atoms with Gasteiger partial charge in [0.2, 0.25) is 0 Å². The highest BCUT2D eigenvalue weighted by Crippen LogP contribution is 2.27. The number of thioether (sulfide) groups is 1. The van der Waals surface area contributed by atoms with Crippen molar-refractivity contribution in [2.75, 3.05) is 26.0 Å². The standard InChI is InChI=1S/C13H13BrN2O5S/c1-21-13(18)11-7-15(4-5-22-11)12(17)8-2-3-9(14)10(6-8)16(19)20/h2-3,6,11H,4-5,7H2,1H3/t11-/m1/s1. The van der Waals surface area contributed by atoms with Gasteiger partial charge < -0.3 is 9.64 Å². The summed E-state index contributed by atoms with van der Waals surface area (Å²) >= 11 is 4.52. The van der Waals surface area contributed by atoms with Crippen molar-refractivity contribution in [1.82, 2.24) is 4.90 Å². The van der Waals surface area contributed by atoms with Crippen LogP contribution in [0.1, 0.15) is 10.4 Å². The van der Waals surface area contributed by atoms with Gasteiger partial charge in [0.15, 0.2) is 0 Å². The minimum absolute atomic E-state index is 0.165. The van der Waals surface area contributed by atoms with Gasteiger partial charge in [-0.2, -0.15) is 0 Å². The summed E-state index contributed by atoms with van der Waals surface area (Å²) in [5.41, 5.74) is 0.0622. The minimum atomic E-state index is -0.551. The minimum Gasteiger partial charge on any atom is -0.468 e. The Morgan fingerprint density at radius 2 is 2.23 bits per heavy atom. The van der Waals surface area contributed by atoms with E-state index in [4.69, 9.17) is 4.74 Å². The lowest BCUT2D eigenvalue weighted by molar-refractivity contribution is -0.385. The molecule has 118 valence electrons. The first-order valence-electron chi connectivity index (χ1n) is 6.36. The van der Waals surface area contributed by atoms with Crippen molar-refractivity contribution >= 4 is 45.3 Å². The van der Waals surface area contributed by atoms with Gasteiger partial charge in [-0.3, -0.25) is 19.7 Å². The predicted octanol–water partition coefficient (Wildman–Crippen LogP) is 2.09. The summed E-state index contributed by atoms with van der Waals surface area (Å²) < 4.78 is 5.01. The lowest BCUT2D eigenvalue weighted by Crippen LogP contribution is -2.44. The molecule has 1 aliphatic heterocycles. The fraction of sp³-hybridized carbons (Fsp3) is 0.385. The Morgan fingerprint density at radius 1 is 1.50 bits per heavy atom. The van der Waals surface area contributed by atoms with Crippen LogP contribution in [0.25, 0.3) is 0 Å². The molecule has 2 rings (SSSR count). The van der Waals surface area contributed by atoms with Gasteiger partial charge in [0.05, 0.1) is 16.5 Å². The Balaban J connectivity index is 2.19. The molecule has 22 heavy (non-hydrogen) atoms. The highest BCUT2D eigenvalue weighted by atomic mass is 79.9. The maximum Gasteiger partial charge on any atom is 0.320 e. The van der Waals surface area contributed by atoms with Crippen LogP contribution in [0.15, 0.2) is 22.7 Å². The lowest BCUT2D eigenvalue weighted by atomic mass is 10.1. The maximum absolute atomic E-state index is 12.5. The molecule has 1 saturated heterocycles. The lowest BCUT2D eigenvalue weighted by Gasteiger charge is -2.31. The number of halogens is 1. The van der Waals surface area contributed by atoms with Gasteiger partial charge in [-0.25, -0.2) is 0 Å². The molecule has 1 heterocycles. The third-order valence-corrected chi connectivity index (χ3v) is 5.04. The number of hydrogen-bond acceptors (Lipinski definition) is 6. The molecular weight excluding hydrogens is 376 g/mol. The number of methoxy groups -OCH3 is 1. The smallest absolute Gasteiger partial charge is 0.320 e. The monoisotopic (exact) mass is 388 g/mol. The van der Waals surface area contributed by atoms with E-state index in [1.54, 1.807) is 0 Å². The van der Waals surface area contributed by atoms with Gasteiger partial charge in [-0.15, -0.1) is 11.8 Å². The van der Waals surface area contributed by atoms with Gasteiger partial charge in [-0.05, 0) is 28.1 Å². The fourth-order valence-corrected chi connectivity index (χ4v) is 3.60. The molecule has 7 nitrogen and oxygen atoms in total. The van der Waals surface area contributed by atoms with Crippen molar-refractivity contribution in [3.63, 3.8) is 0 Å². The van der Waals surface area contributed by atoms with Crippen LogP contribution in [0.4, 0.5) is 5.69 Å². The van der Waals surface area contributed by atoms with Crippen LogP contribution in [0.3, 0.4) is 0 Å². The fourth-order valence-electron chi connectivity index (χ4n) is 2.08. The van der Waals surface area contributed by atoms with E-state index >= 15 is 0 Å². The maximum atomic E-state index is 12.5. The summed E-state index contributed by atoms with van der Waals surface area (Å²) in [5.74, 6) is -0.0847. The number of nitrogens with zero attached hydrogens (tertiary/aromatic N) is 2. The highest BCUT2D eigenvalue weighted by Gasteiger charge is 2.30. The molecule has 0 radical (unpaired) electrons. The van der Waals surface area contributed by atoms with Crippen LogP contribution >= 0.6 is 27.7 Å². The Hall–Kier alpha value is -1.61. The Bertz CT molecular complexity index is 624. The Morgan fingerprint density at radius 3 is 2.86 bits per heavy atom. The first-order valence-corrected chi connectivity index (χ1v) is 8.21. The van der Waals surface area contributed by atoms with E-state index in [9.17, 15) is 19.7 Å². The zero-order valence-electron chi connectivity index (χ0n) is 11.7. The van der Waals surface area contributed by atoms with E-state index in [1.165, 1.54) is 42.0 Å². The molecule has 0 spiro atoms. The average Bonchev–Trinajstić information content (AvgIpc) is 2.53. The molecule has 0 unspecified atom stereocenters. The Kier molecular flexibility index (Phi) is 5.41. The third-order valence-electron chi connectivity index (χ3n) is 3.21. The molecule has 1 atom stereocenters. The largest absolute Gasteiger partial charge is 0.468 e.